The van der Waals surface area contributed by atoms with Crippen molar-refractivity contribution < 1.29 is 33.7 Å². The van der Waals surface area contributed by atoms with E-state index in [1.54, 1.807) is 38.1 Å². The van der Waals surface area contributed by atoms with Crippen molar-refractivity contribution in [1.82, 2.24) is 14.8 Å². The van der Waals surface area contributed by atoms with Crippen molar-refractivity contribution in [3.8, 4) is 5.75 Å². The summed E-state index contributed by atoms with van der Waals surface area (Å²) in [6, 6.07) is 6.40. The molecule has 2 aliphatic rings. The number of carbonyl (C=O) groups is 3. The summed E-state index contributed by atoms with van der Waals surface area (Å²) >= 11 is 0. The van der Waals surface area contributed by atoms with Crippen molar-refractivity contribution in [3.05, 3.63) is 57.9 Å². The SMILES string of the molecule is CCOc1ccc(C2/C(=C(\O)c3c(C)[nH]c(C(=O)OC)c3C)C(=O)C(=O)N2CCCN2CCOCC2)cc1. The highest BCUT2D eigenvalue weighted by Gasteiger charge is 2.46. The Morgan fingerprint density at radius 3 is 2.45 bits per heavy atom. The molecule has 204 valence electrons. The number of methoxy groups -OCH3 is 1. The number of ether oxygens (including phenoxy) is 3. The van der Waals surface area contributed by atoms with Crippen molar-refractivity contribution in [2.75, 3.05) is 53.1 Å². The molecule has 1 unspecified atom stereocenters. The first-order chi connectivity index (χ1) is 18.3. The van der Waals surface area contributed by atoms with Crippen molar-refractivity contribution >= 4 is 23.4 Å². The lowest BCUT2D eigenvalue weighted by atomic mass is 9.94. The number of aryl methyl sites for hydroxylation is 1. The van der Waals surface area contributed by atoms with Gasteiger partial charge >= 0.3 is 5.97 Å². The number of aromatic nitrogens is 1. The van der Waals surface area contributed by atoms with Crippen LogP contribution in [0.15, 0.2) is 29.8 Å². The van der Waals surface area contributed by atoms with E-state index in [1.807, 2.05) is 6.92 Å². The van der Waals surface area contributed by atoms with Gasteiger partial charge in [-0.25, -0.2) is 4.79 Å². The first kappa shape index (κ1) is 27.4. The van der Waals surface area contributed by atoms with Crippen LogP contribution in [-0.2, 0) is 19.1 Å². The van der Waals surface area contributed by atoms with E-state index in [-0.39, 0.29) is 17.0 Å². The van der Waals surface area contributed by atoms with E-state index in [0.29, 0.717) is 60.9 Å². The highest BCUT2D eigenvalue weighted by atomic mass is 16.5. The molecule has 2 N–H and O–H groups in total. The minimum absolute atomic E-state index is 0.00727. The Kier molecular flexibility index (Phi) is 8.53. The van der Waals surface area contributed by atoms with Crippen LogP contribution in [0.2, 0.25) is 0 Å². The summed E-state index contributed by atoms with van der Waals surface area (Å²) in [5.74, 6) is -1.66. The zero-order valence-electron chi connectivity index (χ0n) is 22.3. The maximum Gasteiger partial charge on any atom is 0.354 e. The molecule has 38 heavy (non-hydrogen) atoms. The van der Waals surface area contributed by atoms with E-state index in [1.165, 1.54) is 12.0 Å². The number of likely N-dealkylation sites (tertiary alicyclic amines) is 1. The van der Waals surface area contributed by atoms with E-state index in [4.69, 9.17) is 14.2 Å². The Bertz CT molecular complexity index is 1230. The van der Waals surface area contributed by atoms with Crippen LogP contribution in [0, 0.1) is 13.8 Å². The fourth-order valence-corrected chi connectivity index (χ4v) is 5.21. The summed E-state index contributed by atoms with van der Waals surface area (Å²) in [6.45, 7) is 9.88. The second kappa shape index (κ2) is 11.8. The number of Topliss-reactive ketones (excluding diaryl/α,β-unsaturated/α-hetero) is 1. The Balaban J connectivity index is 1.74. The third kappa shape index (κ3) is 5.32. The summed E-state index contributed by atoms with van der Waals surface area (Å²) < 4.78 is 15.8. The Labute approximate surface area is 222 Å². The second-order valence-electron chi connectivity index (χ2n) is 9.42. The number of aromatic amines is 1. The van der Waals surface area contributed by atoms with Crippen molar-refractivity contribution in [2.45, 2.75) is 33.2 Å². The van der Waals surface area contributed by atoms with E-state index in [2.05, 4.69) is 9.88 Å². The fourth-order valence-electron chi connectivity index (χ4n) is 5.21. The summed E-state index contributed by atoms with van der Waals surface area (Å²) in [6.07, 6.45) is 0.662. The average Bonchev–Trinajstić information content (AvgIpc) is 3.36. The number of hydrogen-bond donors (Lipinski definition) is 2. The van der Waals surface area contributed by atoms with Gasteiger partial charge in [-0.2, -0.15) is 0 Å². The van der Waals surface area contributed by atoms with Gasteiger partial charge in [0.05, 0.1) is 38.5 Å². The number of benzene rings is 1. The molecule has 1 atom stereocenters. The summed E-state index contributed by atoms with van der Waals surface area (Å²) in [5.41, 5.74) is 2.10. The number of aliphatic hydroxyl groups excluding tert-OH is 1. The van der Waals surface area contributed by atoms with E-state index < -0.39 is 23.7 Å². The maximum atomic E-state index is 13.4. The third-order valence-electron chi connectivity index (χ3n) is 7.09. The normalized spacial score (nSPS) is 19.7. The molecule has 4 rings (SSSR count). The molecule has 2 saturated heterocycles. The second-order valence-corrected chi connectivity index (χ2v) is 9.42. The summed E-state index contributed by atoms with van der Waals surface area (Å²) in [4.78, 5) is 45.7. The Morgan fingerprint density at radius 2 is 1.82 bits per heavy atom. The van der Waals surface area contributed by atoms with Crippen molar-refractivity contribution in [2.24, 2.45) is 0 Å². The van der Waals surface area contributed by atoms with Crippen LogP contribution in [0.3, 0.4) is 0 Å². The van der Waals surface area contributed by atoms with Gasteiger partial charge in [0.15, 0.2) is 0 Å². The van der Waals surface area contributed by atoms with E-state index in [0.717, 1.165) is 19.6 Å². The van der Waals surface area contributed by atoms with Crippen LogP contribution < -0.4 is 4.74 Å². The van der Waals surface area contributed by atoms with Gasteiger partial charge in [0.1, 0.15) is 17.2 Å². The summed E-state index contributed by atoms with van der Waals surface area (Å²) in [7, 11) is 1.27. The van der Waals surface area contributed by atoms with Gasteiger partial charge < -0.3 is 29.2 Å². The molecule has 1 aromatic carbocycles. The minimum Gasteiger partial charge on any atom is -0.507 e. The molecule has 2 aliphatic heterocycles. The molecule has 0 spiro atoms. The predicted molar refractivity (Wildman–Crippen MR) is 140 cm³/mol. The molecule has 1 aromatic heterocycles. The third-order valence-corrected chi connectivity index (χ3v) is 7.09. The topological polar surface area (TPSA) is 121 Å². The highest BCUT2D eigenvalue weighted by molar-refractivity contribution is 6.46. The molecule has 0 saturated carbocycles. The van der Waals surface area contributed by atoms with Crippen molar-refractivity contribution in [3.63, 3.8) is 0 Å². The number of H-pyrrole nitrogens is 1. The fraction of sp³-hybridized carbons (Fsp3) is 0.464. The molecule has 0 aliphatic carbocycles. The number of morpholine rings is 1. The predicted octanol–water partition coefficient (Wildman–Crippen LogP) is 2.96. The smallest absolute Gasteiger partial charge is 0.354 e. The van der Waals surface area contributed by atoms with Crippen LogP contribution in [-0.4, -0.2) is 90.7 Å². The molecule has 0 radical (unpaired) electrons. The van der Waals surface area contributed by atoms with Crippen LogP contribution in [0.4, 0.5) is 0 Å². The first-order valence-electron chi connectivity index (χ1n) is 12.9. The number of nitrogens with zero attached hydrogens (tertiary/aromatic N) is 2. The quantitative estimate of drug-likeness (QED) is 0.222. The van der Waals surface area contributed by atoms with Gasteiger partial charge in [-0.3, -0.25) is 14.5 Å². The maximum absolute atomic E-state index is 13.4. The van der Waals surface area contributed by atoms with Gasteiger partial charge in [0, 0.05) is 37.4 Å². The van der Waals surface area contributed by atoms with Crippen LogP contribution in [0.5, 0.6) is 5.75 Å². The average molecular weight is 526 g/mol. The molecule has 10 heteroatoms. The zero-order valence-corrected chi connectivity index (χ0v) is 22.3. The number of hydrogen-bond acceptors (Lipinski definition) is 8. The van der Waals surface area contributed by atoms with Crippen molar-refractivity contribution in [1.29, 1.82) is 0 Å². The molecular weight excluding hydrogens is 490 g/mol. The molecule has 0 bridgehead atoms. The van der Waals surface area contributed by atoms with Crippen LogP contribution in [0.1, 0.15) is 52.3 Å². The van der Waals surface area contributed by atoms with Gasteiger partial charge in [0.2, 0.25) is 0 Å². The molecule has 2 fully saturated rings. The molecule has 1 amide bonds. The van der Waals surface area contributed by atoms with Crippen LogP contribution >= 0.6 is 0 Å². The number of carbonyl (C=O) groups excluding carboxylic acids is 3. The molecule has 2 aromatic rings. The Hall–Kier alpha value is -3.63. The molecular formula is C28H35N3O7. The van der Waals surface area contributed by atoms with Gasteiger partial charge in [-0.1, -0.05) is 12.1 Å². The highest BCUT2D eigenvalue weighted by Crippen LogP contribution is 2.41. The van der Waals surface area contributed by atoms with E-state index >= 15 is 0 Å². The largest absolute Gasteiger partial charge is 0.507 e. The lowest BCUT2D eigenvalue weighted by molar-refractivity contribution is -0.140. The standard InChI is InChI=1S/C28H35N3O7/c1-5-38-20-9-7-19(8-10-20)24-22(25(32)21-17(2)23(28(35)36-4)29-18(21)3)26(33)27(34)31(24)12-6-11-30-13-15-37-16-14-30/h7-10,24,29,32H,5-6,11-16H2,1-4H3/b25-22+. The minimum atomic E-state index is -0.786. The number of amides is 1. The lowest BCUT2D eigenvalue weighted by Crippen LogP contribution is -2.38. The first-order valence-corrected chi connectivity index (χ1v) is 12.9. The number of rotatable bonds is 9. The number of aliphatic hydroxyl groups is 1. The monoisotopic (exact) mass is 525 g/mol. The summed E-state index contributed by atoms with van der Waals surface area (Å²) in [5, 5.41) is 11.5. The Morgan fingerprint density at radius 1 is 1.13 bits per heavy atom. The van der Waals surface area contributed by atoms with Gasteiger partial charge in [-0.05, 0) is 50.5 Å². The number of nitrogens with one attached hydrogen (secondary N) is 1. The zero-order chi connectivity index (χ0) is 27.4. The number of esters is 1. The van der Waals surface area contributed by atoms with E-state index in [9.17, 15) is 19.5 Å². The molecule has 3 heterocycles. The van der Waals surface area contributed by atoms with Gasteiger partial charge in [-0.15, -0.1) is 0 Å². The lowest BCUT2D eigenvalue weighted by Gasteiger charge is -2.29. The van der Waals surface area contributed by atoms with Gasteiger partial charge in [0.25, 0.3) is 11.7 Å². The molecule has 10 nitrogen and oxygen atoms in total. The number of ketones is 1. The van der Waals surface area contributed by atoms with Crippen LogP contribution in [0.25, 0.3) is 5.76 Å².